The lowest BCUT2D eigenvalue weighted by atomic mass is 10.1. The summed E-state index contributed by atoms with van der Waals surface area (Å²) in [5.74, 6) is -0.387. The van der Waals surface area contributed by atoms with Gasteiger partial charge >= 0.3 is 0 Å². The number of sulfonamides is 1. The van der Waals surface area contributed by atoms with Gasteiger partial charge in [-0.3, -0.25) is 9.59 Å². The van der Waals surface area contributed by atoms with Crippen LogP contribution in [0.5, 0.6) is 0 Å². The van der Waals surface area contributed by atoms with Crippen LogP contribution in [0.3, 0.4) is 0 Å². The second-order valence-corrected chi connectivity index (χ2v) is 9.87. The number of hydrogen-bond donors (Lipinski definition) is 2. The molecule has 12 heteroatoms. The van der Waals surface area contributed by atoms with Crippen molar-refractivity contribution >= 4 is 32.9 Å². The molecule has 0 unspecified atom stereocenters. The average molecular weight is 495 g/mol. The van der Waals surface area contributed by atoms with Crippen molar-refractivity contribution in [3.05, 3.63) is 66.6 Å². The highest BCUT2D eigenvalue weighted by molar-refractivity contribution is 7.89. The van der Waals surface area contributed by atoms with Crippen molar-refractivity contribution in [2.24, 2.45) is 0 Å². The first-order valence-corrected chi connectivity index (χ1v) is 12.4. The van der Waals surface area contributed by atoms with Gasteiger partial charge in [0.2, 0.25) is 15.9 Å². The number of carbonyl (C=O) groups excluding carboxylic acids is 2. The van der Waals surface area contributed by atoms with Gasteiger partial charge in [0, 0.05) is 55.6 Å². The first kappa shape index (κ1) is 22.7. The van der Waals surface area contributed by atoms with Crippen LogP contribution in [-0.4, -0.2) is 77.3 Å². The van der Waals surface area contributed by atoms with Gasteiger partial charge in [-0.1, -0.05) is 35.5 Å². The van der Waals surface area contributed by atoms with Crippen LogP contribution in [0.1, 0.15) is 10.5 Å². The first-order valence-electron chi connectivity index (χ1n) is 10.9. The molecule has 1 aliphatic heterocycles. The van der Waals surface area contributed by atoms with Crippen LogP contribution in [0.15, 0.2) is 70.3 Å². The molecule has 1 fully saturated rings. The summed E-state index contributed by atoms with van der Waals surface area (Å²) in [7, 11) is -3.74. The van der Waals surface area contributed by atoms with Gasteiger partial charge in [0.05, 0.1) is 6.54 Å². The molecule has 0 saturated carbocycles. The fourth-order valence-corrected chi connectivity index (χ4v) is 5.51. The summed E-state index contributed by atoms with van der Waals surface area (Å²) in [6, 6.07) is 14.1. The molecule has 1 saturated heterocycles. The molecule has 0 aliphatic carbocycles. The van der Waals surface area contributed by atoms with Crippen LogP contribution >= 0.6 is 0 Å². The van der Waals surface area contributed by atoms with Gasteiger partial charge in [0.25, 0.3) is 5.91 Å². The van der Waals surface area contributed by atoms with E-state index in [2.05, 4.69) is 20.4 Å². The molecule has 1 aliphatic rings. The summed E-state index contributed by atoms with van der Waals surface area (Å²) in [6.45, 7) is 0.512. The second kappa shape index (κ2) is 9.31. The molecule has 11 nitrogen and oxygen atoms in total. The largest absolute Gasteiger partial charge is 0.355 e. The second-order valence-electron chi connectivity index (χ2n) is 7.96. The van der Waals surface area contributed by atoms with Gasteiger partial charge in [-0.2, -0.15) is 4.31 Å². The van der Waals surface area contributed by atoms with Crippen LogP contribution < -0.4 is 5.32 Å². The average Bonchev–Trinajstić information content (AvgIpc) is 3.56. The van der Waals surface area contributed by atoms with E-state index in [0.29, 0.717) is 16.8 Å². The quantitative estimate of drug-likeness (QED) is 0.413. The Kier molecular flexibility index (Phi) is 6.05. The van der Waals surface area contributed by atoms with E-state index in [1.165, 1.54) is 21.5 Å². The lowest BCUT2D eigenvalue weighted by molar-refractivity contribution is -0.131. The van der Waals surface area contributed by atoms with E-state index in [0.717, 1.165) is 5.56 Å². The third kappa shape index (κ3) is 4.53. The van der Waals surface area contributed by atoms with Crippen molar-refractivity contribution < 1.29 is 22.5 Å². The van der Waals surface area contributed by atoms with Crippen LogP contribution in [-0.2, 0) is 14.8 Å². The summed E-state index contributed by atoms with van der Waals surface area (Å²) in [4.78, 5) is 33.7. The summed E-state index contributed by atoms with van der Waals surface area (Å²) >= 11 is 0. The molecule has 1 aromatic carbocycles. The maximum atomic E-state index is 13.1. The lowest BCUT2D eigenvalue weighted by Gasteiger charge is -2.33. The molecule has 35 heavy (non-hydrogen) atoms. The van der Waals surface area contributed by atoms with Gasteiger partial charge in [-0.05, 0) is 12.1 Å². The number of fused-ring (bicyclic) bond motifs is 1. The normalized spacial score (nSPS) is 14.8. The van der Waals surface area contributed by atoms with E-state index in [1.807, 2.05) is 30.3 Å². The van der Waals surface area contributed by atoms with Gasteiger partial charge in [-0.25, -0.2) is 13.4 Å². The SMILES string of the molecule is O=C(NCC(=O)N1CCN(S(=O)(=O)c2c[nH]c3ncccc23)CC1)c1cc(-c2ccccc2)on1. The van der Waals surface area contributed by atoms with Crippen LogP contribution in [0.2, 0.25) is 0 Å². The van der Waals surface area contributed by atoms with E-state index in [9.17, 15) is 18.0 Å². The van der Waals surface area contributed by atoms with Crippen LogP contribution in [0, 0.1) is 0 Å². The highest BCUT2D eigenvalue weighted by atomic mass is 32.2. The Morgan fingerprint density at radius 3 is 2.60 bits per heavy atom. The fraction of sp³-hybridized carbons (Fsp3) is 0.217. The fourth-order valence-electron chi connectivity index (χ4n) is 3.94. The topological polar surface area (TPSA) is 142 Å². The van der Waals surface area contributed by atoms with Crippen LogP contribution in [0.4, 0.5) is 0 Å². The predicted molar refractivity (Wildman–Crippen MR) is 126 cm³/mol. The molecule has 0 radical (unpaired) electrons. The van der Waals surface area contributed by atoms with E-state index in [4.69, 9.17) is 4.52 Å². The molecule has 2 amide bonds. The minimum absolute atomic E-state index is 0.0702. The first-order chi connectivity index (χ1) is 16.9. The number of nitrogens with one attached hydrogen (secondary N) is 2. The molecule has 3 aromatic heterocycles. The van der Waals surface area contributed by atoms with Gasteiger partial charge < -0.3 is 19.7 Å². The van der Waals surface area contributed by atoms with Crippen molar-refractivity contribution in [1.29, 1.82) is 0 Å². The van der Waals surface area contributed by atoms with Crippen molar-refractivity contribution in [2.45, 2.75) is 4.90 Å². The van der Waals surface area contributed by atoms with Crippen LogP contribution in [0.25, 0.3) is 22.4 Å². The van der Waals surface area contributed by atoms with Crippen molar-refractivity contribution in [3.8, 4) is 11.3 Å². The standard InChI is InChI=1S/C23H22N6O5S/c30-21(15-26-23(31)18-13-19(34-27-18)16-5-2-1-3-6-16)28-9-11-29(12-10-28)35(32,33)20-14-25-22-17(20)7-4-8-24-22/h1-8,13-14H,9-12,15H2,(H,24,25)(H,26,31). The molecule has 0 atom stereocenters. The van der Waals surface area contributed by atoms with Crippen molar-refractivity contribution in [3.63, 3.8) is 0 Å². The van der Waals surface area contributed by atoms with E-state index < -0.39 is 15.9 Å². The van der Waals surface area contributed by atoms with Crippen molar-refractivity contribution in [2.75, 3.05) is 32.7 Å². The zero-order valence-electron chi connectivity index (χ0n) is 18.5. The molecule has 2 N–H and O–H groups in total. The maximum Gasteiger partial charge on any atom is 0.273 e. The zero-order chi connectivity index (χ0) is 24.4. The summed E-state index contributed by atoms with van der Waals surface area (Å²) in [5, 5.41) is 6.85. The Morgan fingerprint density at radius 1 is 1.06 bits per heavy atom. The molecule has 180 valence electrons. The number of hydrogen-bond acceptors (Lipinski definition) is 7. The number of piperazine rings is 1. The van der Waals surface area contributed by atoms with E-state index >= 15 is 0 Å². The number of carbonyl (C=O) groups is 2. The number of benzene rings is 1. The number of rotatable bonds is 6. The Bertz CT molecular complexity index is 1470. The number of H-pyrrole nitrogens is 1. The summed E-state index contributed by atoms with van der Waals surface area (Å²) in [6.07, 6.45) is 3.02. The van der Waals surface area contributed by atoms with E-state index in [-0.39, 0.29) is 49.2 Å². The smallest absolute Gasteiger partial charge is 0.273 e. The minimum Gasteiger partial charge on any atom is -0.355 e. The molecule has 0 bridgehead atoms. The maximum absolute atomic E-state index is 13.1. The Hall–Kier alpha value is -4.03. The summed E-state index contributed by atoms with van der Waals surface area (Å²) in [5.41, 5.74) is 1.35. The Balaban J connectivity index is 1.15. The molecular weight excluding hydrogens is 472 g/mol. The molecular formula is C23H22N6O5S. The number of pyridine rings is 1. The van der Waals surface area contributed by atoms with E-state index in [1.54, 1.807) is 18.3 Å². The highest BCUT2D eigenvalue weighted by Gasteiger charge is 2.32. The van der Waals surface area contributed by atoms with Gasteiger partial charge in [-0.15, -0.1) is 0 Å². The zero-order valence-corrected chi connectivity index (χ0v) is 19.4. The third-order valence-corrected chi connectivity index (χ3v) is 7.76. The third-order valence-electron chi connectivity index (χ3n) is 5.82. The molecule has 5 rings (SSSR count). The number of aromatic nitrogens is 3. The molecule has 4 heterocycles. The van der Waals surface area contributed by atoms with Gasteiger partial charge in [0.1, 0.15) is 10.5 Å². The minimum atomic E-state index is -3.74. The van der Waals surface area contributed by atoms with Gasteiger partial charge in [0.15, 0.2) is 11.5 Å². The molecule has 0 spiro atoms. The Morgan fingerprint density at radius 2 is 1.83 bits per heavy atom. The van der Waals surface area contributed by atoms with Crippen molar-refractivity contribution in [1.82, 2.24) is 29.6 Å². The number of aromatic amines is 1. The number of amides is 2. The Labute approximate surface area is 200 Å². The molecule has 4 aromatic rings. The summed E-state index contributed by atoms with van der Waals surface area (Å²) < 4.78 is 32.8. The monoisotopic (exact) mass is 494 g/mol. The lowest BCUT2D eigenvalue weighted by Crippen LogP contribution is -2.52. The predicted octanol–water partition coefficient (Wildman–Crippen LogP) is 1.48. The number of nitrogens with zero attached hydrogens (tertiary/aromatic N) is 4. The highest BCUT2D eigenvalue weighted by Crippen LogP contribution is 2.25.